The predicted octanol–water partition coefficient (Wildman–Crippen LogP) is 1.98. The van der Waals surface area contributed by atoms with Crippen LogP contribution in [0.5, 0.6) is 0 Å². The van der Waals surface area contributed by atoms with Crippen molar-refractivity contribution in [3.05, 3.63) is 35.4 Å². The van der Waals surface area contributed by atoms with Crippen molar-refractivity contribution in [2.45, 2.75) is 17.2 Å². The summed E-state index contributed by atoms with van der Waals surface area (Å²) in [5.41, 5.74) is 2.19. The molecule has 15 heavy (non-hydrogen) atoms. The fourth-order valence-corrected chi connectivity index (χ4v) is 3.98. The lowest BCUT2D eigenvalue weighted by molar-refractivity contribution is 0.477. The molecule has 1 aromatic carbocycles. The zero-order valence-electron chi connectivity index (χ0n) is 7.93. The summed E-state index contributed by atoms with van der Waals surface area (Å²) >= 11 is 3.46. The standard InChI is InChI=1S/C10H11BrO3S/c11-10-5-7-3-1-2-4-8(7)9(10)6-15(12,13)14/h1-4,9-10H,5-6H2,(H,12,13,14). The van der Waals surface area contributed by atoms with Crippen molar-refractivity contribution < 1.29 is 13.0 Å². The van der Waals surface area contributed by atoms with Crippen LogP contribution >= 0.6 is 15.9 Å². The highest BCUT2D eigenvalue weighted by Gasteiger charge is 2.33. The molecular formula is C10H11BrO3S. The zero-order valence-corrected chi connectivity index (χ0v) is 10.3. The van der Waals surface area contributed by atoms with Crippen LogP contribution in [-0.2, 0) is 16.5 Å². The summed E-state index contributed by atoms with van der Waals surface area (Å²) in [6, 6.07) is 7.75. The number of hydrogen-bond donors (Lipinski definition) is 1. The third-order valence-electron chi connectivity index (χ3n) is 2.70. The van der Waals surface area contributed by atoms with Crippen LogP contribution in [0.4, 0.5) is 0 Å². The average molecular weight is 291 g/mol. The van der Waals surface area contributed by atoms with E-state index in [9.17, 15) is 8.42 Å². The van der Waals surface area contributed by atoms with E-state index in [1.165, 1.54) is 0 Å². The first-order valence-electron chi connectivity index (χ1n) is 4.64. The van der Waals surface area contributed by atoms with Gasteiger partial charge in [-0.1, -0.05) is 40.2 Å². The number of rotatable bonds is 2. The summed E-state index contributed by atoms with van der Waals surface area (Å²) in [5.74, 6) is -0.351. The Morgan fingerprint density at radius 3 is 2.73 bits per heavy atom. The minimum Gasteiger partial charge on any atom is -0.286 e. The maximum absolute atomic E-state index is 10.9. The van der Waals surface area contributed by atoms with E-state index in [2.05, 4.69) is 15.9 Å². The second kappa shape index (κ2) is 3.88. The highest BCUT2D eigenvalue weighted by Crippen LogP contribution is 2.38. The van der Waals surface area contributed by atoms with Crippen LogP contribution in [0.25, 0.3) is 0 Å². The van der Waals surface area contributed by atoms with Gasteiger partial charge in [0.15, 0.2) is 0 Å². The molecule has 0 aromatic heterocycles. The highest BCUT2D eigenvalue weighted by atomic mass is 79.9. The number of benzene rings is 1. The molecule has 5 heteroatoms. The molecule has 0 aliphatic heterocycles. The van der Waals surface area contributed by atoms with Gasteiger partial charge in [0, 0.05) is 10.7 Å². The van der Waals surface area contributed by atoms with E-state index in [-0.39, 0.29) is 16.5 Å². The van der Waals surface area contributed by atoms with E-state index in [0.717, 1.165) is 17.5 Å². The molecule has 2 atom stereocenters. The predicted molar refractivity (Wildman–Crippen MR) is 62.0 cm³/mol. The molecular weight excluding hydrogens is 280 g/mol. The van der Waals surface area contributed by atoms with E-state index in [1.807, 2.05) is 24.3 Å². The van der Waals surface area contributed by atoms with Crippen molar-refractivity contribution >= 4 is 26.0 Å². The Morgan fingerprint density at radius 1 is 1.40 bits per heavy atom. The fourth-order valence-electron chi connectivity index (χ4n) is 2.05. The van der Waals surface area contributed by atoms with Crippen LogP contribution in [0.3, 0.4) is 0 Å². The molecule has 0 bridgehead atoms. The summed E-state index contributed by atoms with van der Waals surface area (Å²) in [4.78, 5) is 0.0943. The first kappa shape index (κ1) is 11.1. The van der Waals surface area contributed by atoms with Gasteiger partial charge in [0.25, 0.3) is 10.1 Å². The minimum absolute atomic E-state index is 0.0943. The maximum atomic E-state index is 10.9. The maximum Gasteiger partial charge on any atom is 0.265 e. The lowest BCUT2D eigenvalue weighted by Crippen LogP contribution is -2.18. The molecule has 0 saturated carbocycles. The number of hydrogen-bond acceptors (Lipinski definition) is 2. The van der Waals surface area contributed by atoms with Crippen molar-refractivity contribution in [3.63, 3.8) is 0 Å². The summed E-state index contributed by atoms with van der Waals surface area (Å²) in [7, 11) is -3.91. The third kappa shape index (κ3) is 2.41. The molecule has 82 valence electrons. The quantitative estimate of drug-likeness (QED) is 0.669. The Morgan fingerprint density at radius 2 is 2.07 bits per heavy atom. The Hall–Kier alpha value is -0.390. The molecule has 3 nitrogen and oxygen atoms in total. The molecule has 1 N–H and O–H groups in total. The van der Waals surface area contributed by atoms with Crippen molar-refractivity contribution in [1.29, 1.82) is 0 Å². The average Bonchev–Trinajstić information content (AvgIpc) is 2.41. The molecule has 0 saturated heterocycles. The molecule has 0 fully saturated rings. The van der Waals surface area contributed by atoms with E-state index in [1.54, 1.807) is 0 Å². The van der Waals surface area contributed by atoms with E-state index < -0.39 is 10.1 Å². The van der Waals surface area contributed by atoms with E-state index >= 15 is 0 Å². The fraction of sp³-hybridized carbons (Fsp3) is 0.400. The summed E-state index contributed by atoms with van der Waals surface area (Å²) in [5, 5.41) is 0. The molecule has 0 spiro atoms. The van der Waals surface area contributed by atoms with Gasteiger partial charge in [-0.15, -0.1) is 0 Å². The van der Waals surface area contributed by atoms with Crippen molar-refractivity contribution in [1.82, 2.24) is 0 Å². The van der Waals surface area contributed by atoms with Gasteiger partial charge >= 0.3 is 0 Å². The van der Waals surface area contributed by atoms with Crippen molar-refractivity contribution in [3.8, 4) is 0 Å². The van der Waals surface area contributed by atoms with Crippen molar-refractivity contribution in [2.24, 2.45) is 0 Å². The Labute approximate surface area is 97.4 Å². The van der Waals surface area contributed by atoms with Gasteiger partial charge in [-0.3, -0.25) is 4.55 Å². The second-order valence-corrected chi connectivity index (χ2v) is 6.45. The van der Waals surface area contributed by atoms with Crippen molar-refractivity contribution in [2.75, 3.05) is 5.75 Å². The lowest BCUT2D eigenvalue weighted by Gasteiger charge is -2.12. The largest absolute Gasteiger partial charge is 0.286 e. The normalized spacial score (nSPS) is 25.2. The van der Waals surface area contributed by atoms with Gasteiger partial charge in [-0.05, 0) is 17.5 Å². The Balaban J connectivity index is 2.34. The van der Waals surface area contributed by atoms with Gasteiger partial charge in [-0.25, -0.2) is 0 Å². The SMILES string of the molecule is O=S(=O)(O)CC1c2ccccc2CC1Br. The van der Waals surface area contributed by atoms with Crippen LogP contribution in [0.1, 0.15) is 17.0 Å². The van der Waals surface area contributed by atoms with Gasteiger partial charge in [-0.2, -0.15) is 8.42 Å². The van der Waals surface area contributed by atoms with Crippen LogP contribution in [-0.4, -0.2) is 23.6 Å². The first-order chi connectivity index (χ1) is 6.97. The number of fused-ring (bicyclic) bond motifs is 1. The first-order valence-corrected chi connectivity index (χ1v) is 7.17. The van der Waals surface area contributed by atoms with Gasteiger partial charge < -0.3 is 0 Å². The smallest absolute Gasteiger partial charge is 0.265 e. The molecule has 2 unspecified atom stereocenters. The van der Waals surface area contributed by atoms with Gasteiger partial charge in [0.1, 0.15) is 0 Å². The molecule has 1 aliphatic carbocycles. The molecule has 1 aliphatic rings. The Kier molecular flexibility index (Phi) is 2.87. The van der Waals surface area contributed by atoms with E-state index in [4.69, 9.17) is 4.55 Å². The summed E-state index contributed by atoms with van der Waals surface area (Å²) < 4.78 is 30.6. The molecule has 0 heterocycles. The molecule has 0 radical (unpaired) electrons. The molecule has 2 rings (SSSR count). The monoisotopic (exact) mass is 290 g/mol. The minimum atomic E-state index is -3.91. The van der Waals surface area contributed by atoms with Crippen LogP contribution < -0.4 is 0 Å². The molecule has 1 aromatic rings. The second-order valence-electron chi connectivity index (χ2n) is 3.77. The number of alkyl halides is 1. The lowest BCUT2D eigenvalue weighted by atomic mass is 10.0. The van der Waals surface area contributed by atoms with Gasteiger partial charge in [0.2, 0.25) is 0 Å². The highest BCUT2D eigenvalue weighted by molar-refractivity contribution is 9.09. The third-order valence-corrected chi connectivity index (χ3v) is 4.44. The van der Waals surface area contributed by atoms with E-state index in [0.29, 0.717) is 0 Å². The Bertz CT molecular complexity index is 469. The molecule has 0 amide bonds. The zero-order chi connectivity index (χ0) is 11.1. The van der Waals surface area contributed by atoms with Gasteiger partial charge in [0.05, 0.1) is 5.75 Å². The van der Waals surface area contributed by atoms with Crippen LogP contribution in [0, 0.1) is 0 Å². The van der Waals surface area contributed by atoms with Crippen LogP contribution in [0.2, 0.25) is 0 Å². The summed E-state index contributed by atoms with van der Waals surface area (Å²) in [6.45, 7) is 0. The number of halogens is 1. The summed E-state index contributed by atoms with van der Waals surface area (Å²) in [6.07, 6.45) is 0.816. The topological polar surface area (TPSA) is 54.4 Å². The van der Waals surface area contributed by atoms with Crippen LogP contribution in [0.15, 0.2) is 24.3 Å².